The molecule has 222 valence electrons. The van der Waals surface area contributed by atoms with Gasteiger partial charge in [0.2, 0.25) is 0 Å². The van der Waals surface area contributed by atoms with Gasteiger partial charge in [0, 0.05) is 19.3 Å². The monoisotopic (exact) mass is 549 g/mol. The predicted molar refractivity (Wildman–Crippen MR) is 153 cm³/mol. The number of rotatable bonds is 23. The van der Waals surface area contributed by atoms with Gasteiger partial charge in [0.05, 0.1) is 40.3 Å². The first-order chi connectivity index (χ1) is 18.6. The van der Waals surface area contributed by atoms with Crippen LogP contribution in [0.3, 0.4) is 0 Å². The molecule has 8 nitrogen and oxygen atoms in total. The molecule has 0 fully saturated rings. The Morgan fingerprint density at radius 3 is 1.92 bits per heavy atom. The van der Waals surface area contributed by atoms with Crippen LogP contribution in [0.25, 0.3) is 0 Å². The number of carbonyl (C=O) groups is 3. The summed E-state index contributed by atoms with van der Waals surface area (Å²) in [5, 5.41) is 11.4. The van der Waals surface area contributed by atoms with Crippen molar-refractivity contribution < 1.29 is 38.2 Å². The maximum absolute atomic E-state index is 12.4. The fourth-order valence-corrected chi connectivity index (χ4v) is 3.47. The topological polar surface area (TPSA) is 102 Å². The first kappa shape index (κ1) is 36.3. The van der Waals surface area contributed by atoms with Crippen LogP contribution in [0.4, 0.5) is 0 Å². The molecule has 2 unspecified atom stereocenters. The lowest BCUT2D eigenvalue weighted by Gasteiger charge is -2.34. The van der Waals surface area contributed by atoms with Crippen LogP contribution < -0.4 is 5.11 Å². The molecular formula is C31H51NO7. The third kappa shape index (κ3) is 21.9. The summed E-state index contributed by atoms with van der Waals surface area (Å²) >= 11 is 0. The van der Waals surface area contributed by atoms with E-state index in [0.29, 0.717) is 12.8 Å². The third-order valence-electron chi connectivity index (χ3n) is 5.74. The van der Waals surface area contributed by atoms with E-state index >= 15 is 0 Å². The lowest BCUT2D eigenvalue weighted by Crippen LogP contribution is -2.55. The summed E-state index contributed by atoms with van der Waals surface area (Å²) in [4.78, 5) is 35.7. The highest BCUT2D eigenvalue weighted by atomic mass is 16.6. The minimum absolute atomic E-state index is 0.00762. The van der Waals surface area contributed by atoms with E-state index in [1.54, 1.807) is 21.1 Å². The zero-order valence-corrected chi connectivity index (χ0v) is 24.8. The zero-order valence-electron chi connectivity index (χ0n) is 24.8. The first-order valence-corrected chi connectivity index (χ1v) is 14.2. The number of unbranched alkanes of at least 4 members (excludes halogenated alkanes) is 1. The van der Waals surface area contributed by atoms with E-state index in [1.165, 1.54) is 0 Å². The van der Waals surface area contributed by atoms with Gasteiger partial charge in [-0.15, -0.1) is 0 Å². The predicted octanol–water partition coefficient (Wildman–Crippen LogP) is 4.45. The van der Waals surface area contributed by atoms with Gasteiger partial charge in [-0.05, 0) is 38.5 Å². The molecule has 0 aromatic carbocycles. The second-order valence-electron chi connectivity index (χ2n) is 10.3. The Morgan fingerprint density at radius 2 is 1.38 bits per heavy atom. The highest BCUT2D eigenvalue weighted by Crippen LogP contribution is 2.09. The normalized spacial score (nSPS) is 14.0. The Bertz CT molecular complexity index is 793. The van der Waals surface area contributed by atoms with Crippen LogP contribution in [0.5, 0.6) is 0 Å². The van der Waals surface area contributed by atoms with E-state index in [9.17, 15) is 19.5 Å². The second kappa shape index (κ2) is 23.2. The maximum Gasteiger partial charge on any atom is 0.306 e. The van der Waals surface area contributed by atoms with E-state index in [1.807, 2.05) is 19.1 Å². The quantitative estimate of drug-likeness (QED) is 0.0803. The van der Waals surface area contributed by atoms with Crippen LogP contribution >= 0.6 is 0 Å². The molecule has 0 bridgehead atoms. The SMILES string of the molecule is CC/C=C\C/C=C\C/C=C\C/C=C\CCC(=O)OC(COCCC(C(=O)[O-])[N+](C)(C)C)COC(=O)CCCC. The van der Waals surface area contributed by atoms with Crippen LogP contribution in [-0.4, -0.2) is 75.5 Å². The Morgan fingerprint density at radius 1 is 0.795 bits per heavy atom. The molecule has 8 heteroatoms. The number of hydrogen-bond acceptors (Lipinski definition) is 7. The average Bonchev–Trinajstić information content (AvgIpc) is 2.87. The van der Waals surface area contributed by atoms with Crippen molar-refractivity contribution in [1.82, 2.24) is 0 Å². The van der Waals surface area contributed by atoms with E-state index in [0.717, 1.165) is 38.5 Å². The van der Waals surface area contributed by atoms with Crippen LogP contribution in [0.2, 0.25) is 0 Å². The minimum Gasteiger partial charge on any atom is -0.544 e. The van der Waals surface area contributed by atoms with Crippen molar-refractivity contribution in [3.63, 3.8) is 0 Å². The van der Waals surface area contributed by atoms with E-state index in [2.05, 4.69) is 43.4 Å². The van der Waals surface area contributed by atoms with Crippen molar-refractivity contribution in [2.75, 3.05) is 41.0 Å². The number of nitrogens with zero attached hydrogens (tertiary/aromatic N) is 1. The molecule has 0 spiro atoms. The summed E-state index contributed by atoms with van der Waals surface area (Å²) in [6.07, 6.45) is 22.6. The number of hydrogen-bond donors (Lipinski definition) is 0. The van der Waals surface area contributed by atoms with Crippen molar-refractivity contribution in [3.8, 4) is 0 Å². The molecule has 0 aromatic heterocycles. The fraction of sp³-hybridized carbons (Fsp3) is 0.645. The van der Waals surface area contributed by atoms with Gasteiger partial charge in [0.15, 0.2) is 6.10 Å². The summed E-state index contributed by atoms with van der Waals surface area (Å²) in [6, 6.07) is -0.732. The number of aliphatic carboxylic acids is 1. The first-order valence-electron chi connectivity index (χ1n) is 14.2. The van der Waals surface area contributed by atoms with Crippen molar-refractivity contribution in [3.05, 3.63) is 48.6 Å². The number of quaternary nitrogens is 1. The minimum atomic E-state index is -1.14. The summed E-state index contributed by atoms with van der Waals surface area (Å²) in [5.74, 6) is -1.90. The number of carboxylic acids is 1. The molecule has 0 radical (unpaired) electrons. The summed E-state index contributed by atoms with van der Waals surface area (Å²) in [7, 11) is 5.33. The molecule has 0 aliphatic heterocycles. The molecule has 2 atom stereocenters. The number of allylic oxidation sites excluding steroid dienone is 8. The van der Waals surface area contributed by atoms with Gasteiger partial charge in [0.1, 0.15) is 12.6 Å². The van der Waals surface area contributed by atoms with Crippen molar-refractivity contribution >= 4 is 17.9 Å². The second-order valence-corrected chi connectivity index (χ2v) is 10.3. The van der Waals surface area contributed by atoms with E-state index in [-0.39, 0.29) is 43.1 Å². The Kier molecular flexibility index (Phi) is 21.6. The molecule has 0 heterocycles. The molecule has 0 aliphatic rings. The van der Waals surface area contributed by atoms with Gasteiger partial charge in [-0.25, -0.2) is 0 Å². The van der Waals surface area contributed by atoms with Crippen LogP contribution in [0.1, 0.15) is 78.1 Å². The number of carboxylic acid groups (broad SMARTS) is 1. The van der Waals surface area contributed by atoms with Crippen LogP contribution in [0, 0.1) is 0 Å². The van der Waals surface area contributed by atoms with Crippen molar-refractivity contribution in [1.29, 1.82) is 0 Å². The average molecular weight is 550 g/mol. The molecule has 0 saturated carbocycles. The molecule has 39 heavy (non-hydrogen) atoms. The van der Waals surface area contributed by atoms with Crippen molar-refractivity contribution in [2.45, 2.75) is 90.2 Å². The van der Waals surface area contributed by atoms with Gasteiger partial charge >= 0.3 is 11.9 Å². The largest absolute Gasteiger partial charge is 0.544 e. The number of likely N-dealkylation sites (N-methyl/N-ethyl adjacent to an activating group) is 1. The van der Waals surface area contributed by atoms with Gasteiger partial charge < -0.3 is 28.6 Å². The number of esters is 2. The molecule has 0 aliphatic carbocycles. The summed E-state index contributed by atoms with van der Waals surface area (Å²) in [5.41, 5.74) is 0. The van der Waals surface area contributed by atoms with Gasteiger partial charge in [-0.3, -0.25) is 9.59 Å². The highest BCUT2D eigenvalue weighted by molar-refractivity contribution is 5.70. The zero-order chi connectivity index (χ0) is 29.4. The standard InChI is InChI=1S/C31H51NO7/c1-6-8-10-11-12-13-14-15-16-17-18-19-20-22-30(34)39-27(26-38-29(33)21-9-7-2)25-37-24-23-28(31(35)36)32(3,4)5/h8,10,12-13,15-16,18-19,27-28H,6-7,9,11,14,17,20-26H2,1-5H3/b10-8-,13-12-,16-15-,19-18-. The van der Waals surface area contributed by atoms with E-state index in [4.69, 9.17) is 14.2 Å². The molecular weight excluding hydrogens is 498 g/mol. The lowest BCUT2D eigenvalue weighted by molar-refractivity contribution is -0.889. The van der Waals surface area contributed by atoms with Crippen molar-refractivity contribution in [2.24, 2.45) is 0 Å². The van der Waals surface area contributed by atoms with E-state index < -0.39 is 24.1 Å². The number of carbonyl (C=O) groups excluding carboxylic acids is 3. The smallest absolute Gasteiger partial charge is 0.306 e. The third-order valence-corrected chi connectivity index (χ3v) is 5.74. The molecule has 0 amide bonds. The molecule has 0 rings (SSSR count). The van der Waals surface area contributed by atoms with Gasteiger partial charge in [-0.1, -0.05) is 68.9 Å². The highest BCUT2D eigenvalue weighted by Gasteiger charge is 2.25. The van der Waals surface area contributed by atoms with Gasteiger partial charge in [0.25, 0.3) is 0 Å². The number of ether oxygens (including phenoxy) is 3. The Balaban J connectivity index is 4.53. The molecule has 0 saturated heterocycles. The fourth-order valence-electron chi connectivity index (χ4n) is 3.47. The van der Waals surface area contributed by atoms with Gasteiger partial charge in [-0.2, -0.15) is 0 Å². The maximum atomic E-state index is 12.4. The molecule has 0 N–H and O–H groups in total. The lowest BCUT2D eigenvalue weighted by atomic mass is 10.1. The van der Waals surface area contributed by atoms with Crippen LogP contribution in [-0.2, 0) is 28.6 Å². The summed E-state index contributed by atoms with van der Waals surface area (Å²) in [6.45, 7) is 4.16. The Hall–Kier alpha value is -2.71. The van der Waals surface area contributed by atoms with Crippen LogP contribution in [0.15, 0.2) is 48.6 Å². The molecule has 0 aromatic rings. The Labute approximate surface area is 236 Å². The summed E-state index contributed by atoms with van der Waals surface area (Å²) < 4.78 is 16.6.